The number of nitrogens with one attached hydrogen (secondary N) is 1. The Labute approximate surface area is 111 Å². The van der Waals surface area contributed by atoms with Crippen LogP contribution in [-0.2, 0) is 6.54 Å². The molecular formula is C15H25N3. The molecule has 0 saturated carbocycles. The molecule has 3 nitrogen and oxygen atoms in total. The van der Waals surface area contributed by atoms with Gasteiger partial charge in [-0.15, -0.1) is 0 Å². The smallest absolute Gasteiger partial charge is 0.133 e. The summed E-state index contributed by atoms with van der Waals surface area (Å²) in [5, 5.41) is 3.22. The number of nitrogens with zero attached hydrogens (tertiary/aromatic N) is 2. The van der Waals surface area contributed by atoms with Gasteiger partial charge in [0, 0.05) is 31.4 Å². The summed E-state index contributed by atoms with van der Waals surface area (Å²) in [5.74, 6) is 2.87. The lowest BCUT2D eigenvalue weighted by Gasteiger charge is -2.35. The molecule has 0 aliphatic carbocycles. The highest BCUT2D eigenvalue weighted by Gasteiger charge is 2.23. The van der Waals surface area contributed by atoms with Crippen molar-refractivity contribution in [3.8, 4) is 0 Å². The van der Waals surface area contributed by atoms with Gasteiger partial charge in [0.25, 0.3) is 0 Å². The van der Waals surface area contributed by atoms with E-state index >= 15 is 0 Å². The summed E-state index contributed by atoms with van der Waals surface area (Å²) in [5.41, 5.74) is 1.31. The fraction of sp³-hybridized carbons (Fsp3) is 0.667. The summed E-state index contributed by atoms with van der Waals surface area (Å²) in [6, 6.07) is 4.20. The molecule has 0 bridgehead atoms. The van der Waals surface area contributed by atoms with Crippen molar-refractivity contribution in [2.24, 2.45) is 11.8 Å². The van der Waals surface area contributed by atoms with Crippen LogP contribution in [0.15, 0.2) is 18.3 Å². The molecule has 1 aromatic heterocycles. The number of hydrogen-bond acceptors (Lipinski definition) is 3. The van der Waals surface area contributed by atoms with Crippen molar-refractivity contribution in [1.29, 1.82) is 0 Å². The zero-order valence-corrected chi connectivity index (χ0v) is 11.8. The Balaban J connectivity index is 2.05. The number of anilines is 1. The van der Waals surface area contributed by atoms with E-state index < -0.39 is 0 Å². The Bertz CT molecular complexity index is 368. The van der Waals surface area contributed by atoms with Crippen molar-refractivity contribution in [3.05, 3.63) is 23.9 Å². The lowest BCUT2D eigenvalue weighted by molar-refractivity contribution is 0.310. The Kier molecular flexibility index (Phi) is 4.59. The summed E-state index contributed by atoms with van der Waals surface area (Å²) >= 11 is 0. The van der Waals surface area contributed by atoms with Crippen molar-refractivity contribution in [2.45, 2.75) is 33.2 Å². The van der Waals surface area contributed by atoms with Crippen LogP contribution in [0.1, 0.15) is 32.3 Å². The first-order chi connectivity index (χ1) is 8.72. The minimum absolute atomic E-state index is 0.813. The Morgan fingerprint density at radius 3 is 2.72 bits per heavy atom. The van der Waals surface area contributed by atoms with E-state index in [1.54, 1.807) is 0 Å². The first-order valence-electron chi connectivity index (χ1n) is 7.05. The second-order valence-corrected chi connectivity index (χ2v) is 5.58. The van der Waals surface area contributed by atoms with Crippen molar-refractivity contribution in [1.82, 2.24) is 10.3 Å². The second-order valence-electron chi connectivity index (χ2n) is 5.58. The molecule has 3 heteroatoms. The fourth-order valence-electron chi connectivity index (χ4n) is 2.82. The van der Waals surface area contributed by atoms with Crippen LogP contribution in [0.25, 0.3) is 0 Å². The molecule has 100 valence electrons. The molecule has 0 spiro atoms. The van der Waals surface area contributed by atoms with Gasteiger partial charge in [0.15, 0.2) is 0 Å². The molecule has 0 atom stereocenters. The molecule has 1 aromatic rings. The standard InChI is InChI=1S/C15H25N3/c1-12(2)13-6-9-18(10-7-13)15-14(11-16-3)5-4-8-17-15/h4-5,8,12-13,16H,6-7,9-11H2,1-3H3. The minimum Gasteiger partial charge on any atom is -0.356 e. The first-order valence-corrected chi connectivity index (χ1v) is 7.05. The van der Waals surface area contributed by atoms with Crippen LogP contribution in [-0.4, -0.2) is 25.1 Å². The summed E-state index contributed by atoms with van der Waals surface area (Å²) in [6.45, 7) is 7.88. The van der Waals surface area contributed by atoms with Crippen LogP contribution in [0.5, 0.6) is 0 Å². The molecule has 0 radical (unpaired) electrons. The van der Waals surface area contributed by atoms with Gasteiger partial charge in [-0.1, -0.05) is 19.9 Å². The third-order valence-electron chi connectivity index (χ3n) is 4.02. The van der Waals surface area contributed by atoms with Crippen molar-refractivity contribution in [3.63, 3.8) is 0 Å². The van der Waals surface area contributed by atoms with E-state index in [-0.39, 0.29) is 0 Å². The lowest BCUT2D eigenvalue weighted by atomic mass is 9.86. The van der Waals surface area contributed by atoms with Crippen LogP contribution in [0.2, 0.25) is 0 Å². The predicted molar refractivity (Wildman–Crippen MR) is 76.8 cm³/mol. The summed E-state index contributed by atoms with van der Waals surface area (Å²) in [4.78, 5) is 7.03. The normalized spacial score (nSPS) is 17.4. The predicted octanol–water partition coefficient (Wildman–Crippen LogP) is 2.67. The summed E-state index contributed by atoms with van der Waals surface area (Å²) in [7, 11) is 1.99. The van der Waals surface area contributed by atoms with Gasteiger partial charge in [-0.25, -0.2) is 4.98 Å². The zero-order chi connectivity index (χ0) is 13.0. The highest BCUT2D eigenvalue weighted by molar-refractivity contribution is 5.47. The van der Waals surface area contributed by atoms with E-state index in [9.17, 15) is 0 Å². The summed E-state index contributed by atoms with van der Waals surface area (Å²) < 4.78 is 0. The minimum atomic E-state index is 0.813. The van der Waals surface area contributed by atoms with Gasteiger partial charge in [0.05, 0.1) is 0 Å². The fourth-order valence-corrected chi connectivity index (χ4v) is 2.82. The van der Waals surface area contributed by atoms with Gasteiger partial charge in [0.1, 0.15) is 5.82 Å². The molecule has 0 unspecified atom stereocenters. The molecule has 2 heterocycles. The molecule has 1 saturated heterocycles. The lowest BCUT2D eigenvalue weighted by Crippen LogP contribution is -2.36. The molecule has 2 rings (SSSR count). The maximum atomic E-state index is 4.58. The molecule has 18 heavy (non-hydrogen) atoms. The molecule has 1 N–H and O–H groups in total. The van der Waals surface area contributed by atoms with Crippen LogP contribution in [0, 0.1) is 11.8 Å². The molecule has 1 fully saturated rings. The van der Waals surface area contributed by atoms with E-state index in [1.807, 2.05) is 19.3 Å². The highest BCUT2D eigenvalue weighted by Crippen LogP contribution is 2.28. The number of piperidine rings is 1. The highest BCUT2D eigenvalue weighted by atomic mass is 15.2. The van der Waals surface area contributed by atoms with Gasteiger partial charge in [-0.2, -0.15) is 0 Å². The maximum Gasteiger partial charge on any atom is 0.133 e. The summed E-state index contributed by atoms with van der Waals surface area (Å²) in [6.07, 6.45) is 4.50. The number of pyridine rings is 1. The van der Waals surface area contributed by atoms with E-state index in [4.69, 9.17) is 0 Å². The SMILES string of the molecule is CNCc1cccnc1N1CCC(C(C)C)CC1. The van der Waals surface area contributed by atoms with E-state index in [2.05, 4.69) is 35.1 Å². The maximum absolute atomic E-state index is 4.58. The van der Waals surface area contributed by atoms with E-state index in [0.29, 0.717) is 0 Å². The second kappa shape index (κ2) is 6.19. The molecule has 0 aromatic carbocycles. The topological polar surface area (TPSA) is 28.2 Å². The van der Waals surface area contributed by atoms with Gasteiger partial charge in [-0.3, -0.25) is 0 Å². The third-order valence-corrected chi connectivity index (χ3v) is 4.02. The Morgan fingerprint density at radius 1 is 1.39 bits per heavy atom. The average Bonchev–Trinajstić information content (AvgIpc) is 2.40. The first kappa shape index (κ1) is 13.3. The average molecular weight is 247 g/mol. The number of hydrogen-bond donors (Lipinski definition) is 1. The van der Waals surface area contributed by atoms with Crippen molar-refractivity contribution in [2.75, 3.05) is 25.0 Å². The van der Waals surface area contributed by atoms with E-state index in [1.165, 1.54) is 24.2 Å². The molecular weight excluding hydrogens is 222 g/mol. The monoisotopic (exact) mass is 247 g/mol. The number of aromatic nitrogens is 1. The molecule has 0 amide bonds. The Hall–Kier alpha value is -1.09. The van der Waals surface area contributed by atoms with Crippen LogP contribution in [0.4, 0.5) is 5.82 Å². The van der Waals surface area contributed by atoms with Crippen LogP contribution in [0.3, 0.4) is 0 Å². The molecule has 1 aliphatic rings. The quantitative estimate of drug-likeness (QED) is 0.886. The number of rotatable bonds is 4. The van der Waals surface area contributed by atoms with Gasteiger partial charge in [-0.05, 0) is 37.8 Å². The van der Waals surface area contributed by atoms with Gasteiger partial charge < -0.3 is 10.2 Å². The van der Waals surface area contributed by atoms with Crippen molar-refractivity contribution >= 4 is 5.82 Å². The third kappa shape index (κ3) is 3.02. The Morgan fingerprint density at radius 2 is 2.11 bits per heavy atom. The van der Waals surface area contributed by atoms with Crippen molar-refractivity contribution < 1.29 is 0 Å². The van der Waals surface area contributed by atoms with Crippen LogP contribution >= 0.6 is 0 Å². The van der Waals surface area contributed by atoms with Crippen LogP contribution < -0.4 is 10.2 Å². The zero-order valence-electron chi connectivity index (χ0n) is 11.8. The van der Waals surface area contributed by atoms with E-state index in [0.717, 1.165) is 31.5 Å². The van der Waals surface area contributed by atoms with Gasteiger partial charge >= 0.3 is 0 Å². The van der Waals surface area contributed by atoms with Gasteiger partial charge in [0.2, 0.25) is 0 Å². The largest absolute Gasteiger partial charge is 0.356 e. The molecule has 1 aliphatic heterocycles.